The Kier molecular flexibility index (Phi) is 7.16. The van der Waals surface area contributed by atoms with Gasteiger partial charge in [0.15, 0.2) is 0 Å². The minimum Gasteiger partial charge on any atom is -0.508 e. The van der Waals surface area contributed by atoms with Crippen molar-refractivity contribution in [3.05, 3.63) is 90.0 Å². The SMILES string of the molecule is Oc1cc(OCCCc2ccccc2)cc(OCCCc2ccccc2)c1. The first-order chi connectivity index (χ1) is 13.3. The fraction of sp³-hybridized carbons (Fsp3) is 0.250. The van der Waals surface area contributed by atoms with Crippen molar-refractivity contribution in [2.45, 2.75) is 25.7 Å². The van der Waals surface area contributed by atoms with Crippen molar-refractivity contribution in [1.29, 1.82) is 0 Å². The van der Waals surface area contributed by atoms with E-state index in [1.807, 2.05) is 42.5 Å². The first-order valence-corrected chi connectivity index (χ1v) is 9.47. The molecular formula is C24H26O3. The van der Waals surface area contributed by atoms with Gasteiger partial charge in [-0.15, -0.1) is 0 Å². The Bertz CT molecular complexity index is 735. The highest BCUT2D eigenvalue weighted by Crippen LogP contribution is 2.27. The Morgan fingerprint density at radius 1 is 0.593 bits per heavy atom. The van der Waals surface area contributed by atoms with Crippen molar-refractivity contribution >= 4 is 0 Å². The van der Waals surface area contributed by atoms with E-state index < -0.39 is 0 Å². The highest BCUT2D eigenvalue weighted by atomic mass is 16.5. The lowest BCUT2D eigenvalue weighted by atomic mass is 10.1. The van der Waals surface area contributed by atoms with E-state index in [1.165, 1.54) is 11.1 Å². The standard InChI is InChI=1S/C24H26O3/c25-22-17-23(26-15-7-13-20-9-3-1-4-10-20)19-24(18-22)27-16-8-14-21-11-5-2-6-12-21/h1-6,9-12,17-19,25H,7-8,13-16H2. The van der Waals surface area contributed by atoms with Crippen LogP contribution in [0.1, 0.15) is 24.0 Å². The second-order valence-corrected chi connectivity index (χ2v) is 6.54. The fourth-order valence-electron chi connectivity index (χ4n) is 2.95. The van der Waals surface area contributed by atoms with E-state index in [4.69, 9.17) is 9.47 Å². The first kappa shape index (κ1) is 18.8. The van der Waals surface area contributed by atoms with E-state index in [0.29, 0.717) is 24.7 Å². The summed E-state index contributed by atoms with van der Waals surface area (Å²) in [6.07, 6.45) is 3.80. The second-order valence-electron chi connectivity index (χ2n) is 6.54. The summed E-state index contributed by atoms with van der Waals surface area (Å²) in [6, 6.07) is 25.8. The van der Waals surface area contributed by atoms with Crippen LogP contribution in [0, 0.1) is 0 Å². The number of phenolic OH excluding ortho intramolecular Hbond substituents is 1. The molecule has 0 bridgehead atoms. The molecule has 3 nitrogen and oxygen atoms in total. The largest absolute Gasteiger partial charge is 0.508 e. The summed E-state index contributed by atoms with van der Waals surface area (Å²) in [5.74, 6) is 1.44. The van der Waals surface area contributed by atoms with Crippen LogP contribution in [0.5, 0.6) is 17.2 Å². The number of aryl methyl sites for hydroxylation is 2. The molecule has 0 heterocycles. The van der Waals surface area contributed by atoms with Crippen molar-refractivity contribution < 1.29 is 14.6 Å². The molecular weight excluding hydrogens is 336 g/mol. The van der Waals surface area contributed by atoms with E-state index in [1.54, 1.807) is 12.1 Å². The van der Waals surface area contributed by atoms with Gasteiger partial charge in [0.25, 0.3) is 0 Å². The van der Waals surface area contributed by atoms with Gasteiger partial charge in [-0.05, 0) is 36.8 Å². The minimum atomic E-state index is 0.161. The third kappa shape index (κ3) is 6.70. The molecule has 0 fully saturated rings. The van der Waals surface area contributed by atoms with Gasteiger partial charge in [-0.1, -0.05) is 60.7 Å². The number of rotatable bonds is 10. The Morgan fingerprint density at radius 3 is 1.48 bits per heavy atom. The van der Waals surface area contributed by atoms with Gasteiger partial charge in [-0.3, -0.25) is 0 Å². The van der Waals surface area contributed by atoms with E-state index in [-0.39, 0.29) is 5.75 Å². The van der Waals surface area contributed by atoms with Gasteiger partial charge < -0.3 is 14.6 Å². The van der Waals surface area contributed by atoms with Crippen molar-refractivity contribution in [1.82, 2.24) is 0 Å². The lowest BCUT2D eigenvalue weighted by Crippen LogP contribution is -2.01. The highest BCUT2D eigenvalue weighted by Gasteiger charge is 2.03. The number of benzene rings is 3. The average Bonchev–Trinajstić information content (AvgIpc) is 2.70. The van der Waals surface area contributed by atoms with Crippen LogP contribution >= 0.6 is 0 Å². The summed E-state index contributed by atoms with van der Waals surface area (Å²) in [5.41, 5.74) is 2.61. The normalized spacial score (nSPS) is 10.5. The second kappa shape index (κ2) is 10.3. The molecule has 0 radical (unpaired) electrons. The van der Waals surface area contributed by atoms with Crippen LogP contribution in [0.3, 0.4) is 0 Å². The fourth-order valence-corrected chi connectivity index (χ4v) is 2.95. The van der Waals surface area contributed by atoms with E-state index >= 15 is 0 Å². The molecule has 0 saturated heterocycles. The Morgan fingerprint density at radius 2 is 1.04 bits per heavy atom. The molecule has 0 spiro atoms. The van der Waals surface area contributed by atoms with Crippen LogP contribution in [-0.4, -0.2) is 18.3 Å². The molecule has 1 N–H and O–H groups in total. The predicted octanol–water partition coefficient (Wildman–Crippen LogP) is 5.42. The minimum absolute atomic E-state index is 0.161. The van der Waals surface area contributed by atoms with Crippen molar-refractivity contribution in [2.75, 3.05) is 13.2 Å². The molecule has 0 aliphatic heterocycles. The zero-order valence-electron chi connectivity index (χ0n) is 15.5. The molecule has 0 saturated carbocycles. The number of hydrogen-bond acceptors (Lipinski definition) is 3. The summed E-state index contributed by atoms with van der Waals surface area (Å²) >= 11 is 0. The van der Waals surface area contributed by atoms with Gasteiger partial charge in [-0.25, -0.2) is 0 Å². The molecule has 0 aliphatic carbocycles. The van der Waals surface area contributed by atoms with Gasteiger partial charge in [-0.2, -0.15) is 0 Å². The van der Waals surface area contributed by atoms with Gasteiger partial charge in [0.1, 0.15) is 17.2 Å². The molecule has 3 aromatic rings. The molecule has 3 heteroatoms. The smallest absolute Gasteiger partial charge is 0.126 e. The quantitative estimate of drug-likeness (QED) is 0.490. The van der Waals surface area contributed by atoms with Gasteiger partial charge in [0.05, 0.1) is 13.2 Å². The maximum atomic E-state index is 9.90. The maximum absolute atomic E-state index is 9.90. The van der Waals surface area contributed by atoms with Crippen LogP contribution in [0.15, 0.2) is 78.9 Å². The summed E-state index contributed by atoms with van der Waals surface area (Å²) in [6.45, 7) is 1.21. The first-order valence-electron chi connectivity index (χ1n) is 9.47. The van der Waals surface area contributed by atoms with Gasteiger partial charge in [0, 0.05) is 18.2 Å². The summed E-state index contributed by atoms with van der Waals surface area (Å²) in [4.78, 5) is 0. The topological polar surface area (TPSA) is 38.7 Å². The van der Waals surface area contributed by atoms with Gasteiger partial charge >= 0.3 is 0 Å². The number of ether oxygens (including phenoxy) is 2. The van der Waals surface area contributed by atoms with Crippen molar-refractivity contribution in [3.8, 4) is 17.2 Å². The molecule has 0 amide bonds. The molecule has 0 aromatic heterocycles. The Labute approximate surface area is 161 Å². The summed E-state index contributed by atoms with van der Waals surface area (Å²) < 4.78 is 11.6. The molecule has 0 aliphatic rings. The summed E-state index contributed by atoms with van der Waals surface area (Å²) in [7, 11) is 0. The number of hydrogen-bond donors (Lipinski definition) is 1. The third-order valence-corrected chi connectivity index (χ3v) is 4.31. The number of aromatic hydroxyl groups is 1. The molecule has 3 aromatic carbocycles. The molecule has 3 rings (SSSR count). The predicted molar refractivity (Wildman–Crippen MR) is 109 cm³/mol. The van der Waals surface area contributed by atoms with Crippen LogP contribution in [0.4, 0.5) is 0 Å². The highest BCUT2D eigenvalue weighted by molar-refractivity contribution is 5.41. The van der Waals surface area contributed by atoms with Crippen LogP contribution in [-0.2, 0) is 12.8 Å². The van der Waals surface area contributed by atoms with Crippen LogP contribution < -0.4 is 9.47 Å². The molecule has 0 unspecified atom stereocenters. The van der Waals surface area contributed by atoms with Crippen LogP contribution in [0.2, 0.25) is 0 Å². The third-order valence-electron chi connectivity index (χ3n) is 4.31. The van der Waals surface area contributed by atoms with Gasteiger partial charge in [0.2, 0.25) is 0 Å². The van der Waals surface area contributed by atoms with Crippen molar-refractivity contribution in [3.63, 3.8) is 0 Å². The van der Waals surface area contributed by atoms with Crippen LogP contribution in [0.25, 0.3) is 0 Å². The average molecular weight is 362 g/mol. The van der Waals surface area contributed by atoms with E-state index in [2.05, 4.69) is 24.3 Å². The Balaban J connectivity index is 1.41. The monoisotopic (exact) mass is 362 g/mol. The van der Waals surface area contributed by atoms with Crippen molar-refractivity contribution in [2.24, 2.45) is 0 Å². The zero-order valence-corrected chi connectivity index (χ0v) is 15.5. The lowest BCUT2D eigenvalue weighted by Gasteiger charge is -2.11. The molecule has 140 valence electrons. The molecule has 0 atom stereocenters. The summed E-state index contributed by atoms with van der Waals surface area (Å²) in [5, 5.41) is 9.90. The van der Waals surface area contributed by atoms with E-state index in [0.717, 1.165) is 25.7 Å². The van der Waals surface area contributed by atoms with E-state index in [9.17, 15) is 5.11 Å². The maximum Gasteiger partial charge on any atom is 0.126 e. The lowest BCUT2D eigenvalue weighted by molar-refractivity contribution is 0.292. The zero-order chi connectivity index (χ0) is 18.7. The molecule has 27 heavy (non-hydrogen) atoms. The number of phenols is 1. The Hall–Kier alpha value is -2.94.